The molecule has 2 N–H and O–H groups in total. The van der Waals surface area contributed by atoms with Crippen LogP contribution in [0.15, 0.2) is 53.3 Å². The highest BCUT2D eigenvalue weighted by molar-refractivity contribution is 5.73. The van der Waals surface area contributed by atoms with Crippen molar-refractivity contribution >= 4 is 6.03 Å². The van der Waals surface area contributed by atoms with Crippen LogP contribution in [0, 0.1) is 5.82 Å². The molecule has 0 fully saturated rings. The van der Waals surface area contributed by atoms with Gasteiger partial charge in [-0.05, 0) is 29.8 Å². The number of benzene rings is 2. The van der Waals surface area contributed by atoms with Crippen molar-refractivity contribution in [1.29, 1.82) is 0 Å². The molecular formula is C20H19F4N5O2. The number of alkyl halides is 3. The third-order valence-electron chi connectivity index (χ3n) is 4.46. The number of hydrogen-bond acceptors (Lipinski definition) is 3. The fourth-order valence-corrected chi connectivity index (χ4v) is 2.84. The molecule has 0 atom stereocenters. The summed E-state index contributed by atoms with van der Waals surface area (Å²) in [6, 6.07) is 9.69. The minimum Gasteiger partial charge on any atom is -0.336 e. The van der Waals surface area contributed by atoms with Crippen molar-refractivity contribution < 1.29 is 22.4 Å². The van der Waals surface area contributed by atoms with E-state index in [9.17, 15) is 27.2 Å². The zero-order valence-corrected chi connectivity index (χ0v) is 16.4. The van der Waals surface area contributed by atoms with Crippen molar-refractivity contribution in [2.24, 2.45) is 7.05 Å². The summed E-state index contributed by atoms with van der Waals surface area (Å²) in [5.41, 5.74) is -0.506. The van der Waals surface area contributed by atoms with E-state index < -0.39 is 23.5 Å². The Morgan fingerprint density at radius 1 is 1.10 bits per heavy atom. The van der Waals surface area contributed by atoms with Crippen LogP contribution in [0.1, 0.15) is 11.1 Å². The van der Waals surface area contributed by atoms with Crippen LogP contribution < -0.4 is 16.3 Å². The van der Waals surface area contributed by atoms with Gasteiger partial charge in [-0.15, -0.1) is 5.10 Å². The second-order valence-corrected chi connectivity index (χ2v) is 6.70. The molecule has 0 saturated carbocycles. The largest absolute Gasteiger partial charge is 0.416 e. The van der Waals surface area contributed by atoms with Crippen molar-refractivity contribution in [1.82, 2.24) is 25.0 Å². The monoisotopic (exact) mass is 437 g/mol. The first kappa shape index (κ1) is 22.1. The highest BCUT2D eigenvalue weighted by atomic mass is 19.4. The molecular weight excluding hydrogens is 418 g/mol. The Morgan fingerprint density at radius 2 is 1.81 bits per heavy atom. The molecule has 3 rings (SSSR count). The lowest BCUT2D eigenvalue weighted by atomic mass is 10.1. The molecule has 0 aliphatic carbocycles. The zero-order chi connectivity index (χ0) is 22.6. The van der Waals surface area contributed by atoms with Crippen molar-refractivity contribution in [2.45, 2.75) is 19.3 Å². The summed E-state index contributed by atoms with van der Waals surface area (Å²) < 4.78 is 53.9. The molecule has 0 bridgehead atoms. The number of aromatic nitrogens is 3. The van der Waals surface area contributed by atoms with Gasteiger partial charge in [0.1, 0.15) is 5.82 Å². The smallest absolute Gasteiger partial charge is 0.336 e. The van der Waals surface area contributed by atoms with Crippen LogP contribution in [0.5, 0.6) is 0 Å². The van der Waals surface area contributed by atoms with Crippen LogP contribution >= 0.6 is 0 Å². The van der Waals surface area contributed by atoms with Gasteiger partial charge in [0.25, 0.3) is 0 Å². The van der Waals surface area contributed by atoms with Crippen LogP contribution in [0.25, 0.3) is 11.4 Å². The van der Waals surface area contributed by atoms with Gasteiger partial charge >= 0.3 is 17.9 Å². The molecule has 0 spiro atoms. The van der Waals surface area contributed by atoms with E-state index in [0.29, 0.717) is 5.56 Å². The van der Waals surface area contributed by atoms with E-state index in [1.807, 2.05) is 0 Å². The molecule has 164 valence electrons. The lowest BCUT2D eigenvalue weighted by Gasteiger charge is -2.08. The van der Waals surface area contributed by atoms with Crippen LogP contribution in [0.4, 0.5) is 22.4 Å². The normalized spacial score (nSPS) is 11.4. The summed E-state index contributed by atoms with van der Waals surface area (Å²) in [6.45, 7) is 0.277. The van der Waals surface area contributed by atoms with E-state index in [1.165, 1.54) is 31.3 Å². The second-order valence-electron chi connectivity index (χ2n) is 6.70. The number of nitrogens with one attached hydrogen (secondary N) is 2. The molecule has 11 heteroatoms. The summed E-state index contributed by atoms with van der Waals surface area (Å²) in [5.74, 6) is -0.296. The molecule has 1 aromatic heterocycles. The van der Waals surface area contributed by atoms with Gasteiger partial charge in [0, 0.05) is 25.7 Å². The van der Waals surface area contributed by atoms with Gasteiger partial charge in [-0.25, -0.2) is 18.7 Å². The number of rotatable bonds is 6. The summed E-state index contributed by atoms with van der Waals surface area (Å²) in [7, 11) is 1.41. The Kier molecular flexibility index (Phi) is 6.42. The quantitative estimate of drug-likeness (QED) is 0.582. The Balaban J connectivity index is 1.60. The summed E-state index contributed by atoms with van der Waals surface area (Å²) in [4.78, 5) is 24.2. The van der Waals surface area contributed by atoms with Gasteiger partial charge in [0.05, 0.1) is 12.1 Å². The summed E-state index contributed by atoms with van der Waals surface area (Å²) in [5, 5.41) is 9.24. The lowest BCUT2D eigenvalue weighted by Crippen LogP contribution is -2.38. The second kappa shape index (κ2) is 9.02. The van der Waals surface area contributed by atoms with Gasteiger partial charge in [0.15, 0.2) is 5.82 Å². The first-order chi connectivity index (χ1) is 14.6. The van der Waals surface area contributed by atoms with E-state index >= 15 is 0 Å². The predicted octanol–water partition coefficient (Wildman–Crippen LogP) is 2.91. The number of amides is 2. The zero-order valence-electron chi connectivity index (χ0n) is 16.4. The number of hydrogen-bond donors (Lipinski definition) is 2. The fourth-order valence-electron chi connectivity index (χ4n) is 2.84. The van der Waals surface area contributed by atoms with Crippen LogP contribution in [-0.2, 0) is 26.3 Å². The molecule has 1 heterocycles. The predicted molar refractivity (Wildman–Crippen MR) is 105 cm³/mol. The Labute approximate surface area is 174 Å². The number of urea groups is 1. The average molecular weight is 437 g/mol. The van der Waals surface area contributed by atoms with Crippen molar-refractivity contribution in [3.8, 4) is 11.4 Å². The number of carbonyl (C=O) groups is 1. The summed E-state index contributed by atoms with van der Waals surface area (Å²) in [6.07, 6.45) is -4.51. The standard InChI is InChI=1S/C20H19F4N5O2/c1-28-17(14-3-2-4-15(11-14)20(22,23)24)27-29(19(28)31)10-9-25-18(30)26-12-13-5-7-16(21)8-6-13/h2-8,11H,9-10,12H2,1H3,(H2,25,26,30). The third kappa shape index (κ3) is 5.50. The maximum absolute atomic E-state index is 12.9. The molecule has 0 unspecified atom stereocenters. The van der Waals surface area contributed by atoms with Crippen LogP contribution in [-0.4, -0.2) is 26.9 Å². The lowest BCUT2D eigenvalue weighted by molar-refractivity contribution is -0.137. The molecule has 0 aliphatic rings. The summed E-state index contributed by atoms with van der Waals surface area (Å²) >= 11 is 0. The number of nitrogens with zero attached hydrogens (tertiary/aromatic N) is 3. The maximum atomic E-state index is 12.9. The minimum absolute atomic E-state index is 0.0234. The third-order valence-corrected chi connectivity index (χ3v) is 4.46. The topological polar surface area (TPSA) is 81.0 Å². The van der Waals surface area contributed by atoms with Crippen molar-refractivity contribution in [3.05, 3.63) is 76.0 Å². The van der Waals surface area contributed by atoms with E-state index in [4.69, 9.17) is 0 Å². The maximum Gasteiger partial charge on any atom is 0.416 e. The van der Waals surface area contributed by atoms with Gasteiger partial charge in [0.2, 0.25) is 0 Å². The van der Waals surface area contributed by atoms with E-state index in [-0.39, 0.29) is 36.8 Å². The van der Waals surface area contributed by atoms with E-state index in [1.54, 1.807) is 12.1 Å². The average Bonchev–Trinajstić information content (AvgIpc) is 3.01. The molecule has 2 aromatic carbocycles. The Hall–Kier alpha value is -3.63. The number of halogens is 4. The molecule has 31 heavy (non-hydrogen) atoms. The Morgan fingerprint density at radius 3 is 2.48 bits per heavy atom. The Bertz CT molecular complexity index is 1120. The van der Waals surface area contributed by atoms with E-state index in [2.05, 4.69) is 15.7 Å². The molecule has 0 saturated heterocycles. The molecule has 0 radical (unpaired) electrons. The van der Waals surface area contributed by atoms with E-state index in [0.717, 1.165) is 21.4 Å². The number of carbonyl (C=O) groups excluding carboxylic acids is 1. The van der Waals surface area contributed by atoms with Gasteiger partial charge in [-0.1, -0.05) is 24.3 Å². The SMILES string of the molecule is Cn1c(-c2cccc(C(F)(F)F)c2)nn(CCNC(=O)NCc2ccc(F)cc2)c1=O. The van der Waals surface area contributed by atoms with Gasteiger partial charge in [-0.3, -0.25) is 4.57 Å². The van der Waals surface area contributed by atoms with Gasteiger partial charge < -0.3 is 10.6 Å². The molecule has 3 aromatic rings. The highest BCUT2D eigenvalue weighted by Gasteiger charge is 2.30. The van der Waals surface area contributed by atoms with Crippen LogP contribution in [0.3, 0.4) is 0 Å². The first-order valence-electron chi connectivity index (χ1n) is 9.23. The van der Waals surface area contributed by atoms with Crippen LogP contribution in [0.2, 0.25) is 0 Å². The molecule has 7 nitrogen and oxygen atoms in total. The fraction of sp³-hybridized carbons (Fsp3) is 0.250. The van der Waals surface area contributed by atoms with Crippen molar-refractivity contribution in [3.63, 3.8) is 0 Å². The molecule has 2 amide bonds. The highest BCUT2D eigenvalue weighted by Crippen LogP contribution is 2.31. The first-order valence-corrected chi connectivity index (χ1v) is 9.23. The van der Waals surface area contributed by atoms with Crippen molar-refractivity contribution in [2.75, 3.05) is 6.54 Å². The van der Waals surface area contributed by atoms with Gasteiger partial charge in [-0.2, -0.15) is 13.2 Å². The molecule has 0 aliphatic heterocycles. The minimum atomic E-state index is -4.51.